The molecule has 3 aliphatic rings. The normalized spacial score (nSPS) is 43.3. The summed E-state index contributed by atoms with van der Waals surface area (Å²) < 4.78 is 0. The van der Waals surface area contributed by atoms with Crippen LogP contribution in [0.3, 0.4) is 0 Å². The average molecular weight is 363 g/mol. The molecule has 0 aromatic rings. The number of allylic oxidation sites excluding steroid dienone is 2. The van der Waals surface area contributed by atoms with Crippen LogP contribution in [-0.2, 0) is 4.79 Å². The summed E-state index contributed by atoms with van der Waals surface area (Å²) in [7, 11) is 0. The van der Waals surface area contributed by atoms with Gasteiger partial charge in [0.1, 0.15) is 0 Å². The lowest BCUT2D eigenvalue weighted by Gasteiger charge is -2.43. The highest BCUT2D eigenvalue weighted by molar-refractivity contribution is 5.70. The molecule has 4 unspecified atom stereocenters. The maximum absolute atomic E-state index is 11.5. The Morgan fingerprint density at radius 1 is 1.35 bits per heavy atom. The maximum atomic E-state index is 11.5. The summed E-state index contributed by atoms with van der Waals surface area (Å²) in [6.45, 7) is 8.22. The summed E-state index contributed by atoms with van der Waals surface area (Å²) in [5.41, 5.74) is 2.42. The molecule has 7 atom stereocenters. The second kappa shape index (κ2) is 7.47. The minimum absolute atomic E-state index is 0.0878. The number of aliphatic hydroxyl groups is 2. The molecule has 3 N–H and O–H groups in total. The van der Waals surface area contributed by atoms with Gasteiger partial charge in [0.15, 0.2) is 0 Å². The molecular weight excluding hydrogens is 328 g/mol. The maximum Gasteiger partial charge on any atom is 0.306 e. The van der Waals surface area contributed by atoms with Crippen molar-refractivity contribution in [3.05, 3.63) is 23.8 Å². The summed E-state index contributed by atoms with van der Waals surface area (Å²) in [5, 5.41) is 29.5. The van der Waals surface area contributed by atoms with Crippen LogP contribution in [-0.4, -0.2) is 33.5 Å². The molecule has 3 fully saturated rings. The van der Waals surface area contributed by atoms with Crippen LogP contribution >= 0.6 is 0 Å². The summed E-state index contributed by atoms with van der Waals surface area (Å²) in [6, 6.07) is 0. The predicted octanol–water partition coefficient (Wildman–Crippen LogP) is 3.93. The van der Waals surface area contributed by atoms with E-state index >= 15 is 0 Å². The molecule has 146 valence electrons. The molecule has 4 nitrogen and oxygen atoms in total. The molecule has 0 saturated heterocycles. The average Bonchev–Trinajstić information content (AvgIpc) is 2.93. The van der Waals surface area contributed by atoms with Gasteiger partial charge in [0, 0.05) is 6.42 Å². The van der Waals surface area contributed by atoms with Crippen molar-refractivity contribution < 1.29 is 20.1 Å². The Morgan fingerprint density at radius 2 is 2.08 bits per heavy atom. The van der Waals surface area contributed by atoms with Gasteiger partial charge in [-0.3, -0.25) is 4.79 Å². The van der Waals surface area contributed by atoms with Crippen molar-refractivity contribution in [2.24, 2.45) is 29.1 Å². The second-order valence-corrected chi connectivity index (χ2v) is 9.15. The molecule has 0 amide bonds. The summed E-state index contributed by atoms with van der Waals surface area (Å²) in [5.74, 6) is -0.0801. The van der Waals surface area contributed by atoms with Gasteiger partial charge in [0.05, 0.1) is 18.1 Å². The summed E-state index contributed by atoms with van der Waals surface area (Å²) in [4.78, 5) is 11.5. The fraction of sp³-hybridized carbons (Fsp3) is 0.773. The van der Waals surface area contributed by atoms with Crippen LogP contribution in [0.2, 0.25) is 0 Å². The van der Waals surface area contributed by atoms with Crippen molar-refractivity contribution in [2.45, 2.75) is 77.4 Å². The molecule has 3 aliphatic carbocycles. The van der Waals surface area contributed by atoms with E-state index in [9.17, 15) is 20.1 Å². The van der Waals surface area contributed by atoms with Gasteiger partial charge in [-0.2, -0.15) is 0 Å². The fourth-order valence-corrected chi connectivity index (χ4v) is 6.12. The van der Waals surface area contributed by atoms with Gasteiger partial charge < -0.3 is 15.3 Å². The van der Waals surface area contributed by atoms with Gasteiger partial charge in [-0.1, -0.05) is 32.1 Å². The molecule has 0 spiro atoms. The lowest BCUT2D eigenvalue weighted by atomic mass is 9.61. The zero-order chi connectivity index (χ0) is 19.1. The van der Waals surface area contributed by atoms with Crippen molar-refractivity contribution in [2.75, 3.05) is 0 Å². The zero-order valence-corrected chi connectivity index (χ0v) is 16.2. The highest BCUT2D eigenvalue weighted by Gasteiger charge is 2.52. The van der Waals surface area contributed by atoms with Crippen molar-refractivity contribution in [1.82, 2.24) is 0 Å². The first-order chi connectivity index (χ1) is 12.2. The number of hydrogen-bond donors (Lipinski definition) is 3. The number of carbonyl (C=O) groups is 1. The highest BCUT2D eigenvalue weighted by atomic mass is 16.4. The van der Waals surface area contributed by atoms with Crippen LogP contribution in [0, 0.1) is 29.1 Å². The molecule has 0 radical (unpaired) electrons. The first-order valence-electron chi connectivity index (χ1n) is 10.2. The van der Waals surface area contributed by atoms with E-state index in [0.717, 1.165) is 44.1 Å². The Hall–Kier alpha value is -1.13. The molecule has 0 heterocycles. The third-order valence-electron chi connectivity index (χ3n) is 7.70. The summed E-state index contributed by atoms with van der Waals surface area (Å²) in [6.07, 6.45) is 8.63. The van der Waals surface area contributed by atoms with Gasteiger partial charge in [-0.25, -0.2) is 0 Å². The molecule has 0 aromatic carbocycles. The minimum atomic E-state index is -0.672. The topological polar surface area (TPSA) is 77.8 Å². The van der Waals surface area contributed by atoms with Crippen LogP contribution < -0.4 is 0 Å². The van der Waals surface area contributed by atoms with Gasteiger partial charge in [-0.05, 0) is 73.7 Å². The number of rotatable bonds is 4. The van der Waals surface area contributed by atoms with E-state index in [0.29, 0.717) is 18.8 Å². The highest BCUT2D eigenvalue weighted by Crippen LogP contribution is 2.59. The first-order valence-corrected chi connectivity index (χ1v) is 10.2. The van der Waals surface area contributed by atoms with E-state index in [-0.39, 0.29) is 23.2 Å². The Labute approximate surface area is 157 Å². The molecule has 0 aliphatic heterocycles. The monoisotopic (exact) mass is 362 g/mol. The molecule has 4 heteroatoms. The number of aliphatic carboxylic acids is 1. The van der Waals surface area contributed by atoms with Crippen LogP contribution in [0.4, 0.5) is 0 Å². The standard InChI is InChI=1S/C22H34O4/c1-13-16(11-17(23)12-20(13)24)7-6-15-5-4-10-22(3)18(8-9-19(15)22)14(2)21(25)26/h6,14,16-20,23-24H,1,4-5,7-12H2,2-3H3,(H,25,26)/b15-6+/t14?,16?,17-,18?,19?,20+,22-/m1/s1. The van der Waals surface area contributed by atoms with Gasteiger partial charge in [0.2, 0.25) is 0 Å². The summed E-state index contributed by atoms with van der Waals surface area (Å²) >= 11 is 0. The number of carboxylic acids is 1. The van der Waals surface area contributed by atoms with E-state index < -0.39 is 18.2 Å². The van der Waals surface area contributed by atoms with Crippen LogP contribution in [0.25, 0.3) is 0 Å². The molecule has 3 saturated carbocycles. The Kier molecular flexibility index (Phi) is 5.64. The van der Waals surface area contributed by atoms with E-state index in [4.69, 9.17) is 0 Å². The lowest BCUT2D eigenvalue weighted by Crippen LogP contribution is -2.38. The van der Waals surface area contributed by atoms with E-state index in [2.05, 4.69) is 19.6 Å². The smallest absolute Gasteiger partial charge is 0.306 e. The molecule has 0 aromatic heterocycles. The first kappa shape index (κ1) is 19.6. The van der Waals surface area contributed by atoms with E-state index in [1.165, 1.54) is 5.57 Å². The largest absolute Gasteiger partial charge is 0.481 e. The Balaban J connectivity index is 1.74. The van der Waals surface area contributed by atoms with Gasteiger partial charge in [-0.15, -0.1) is 0 Å². The number of hydrogen-bond acceptors (Lipinski definition) is 3. The van der Waals surface area contributed by atoms with Crippen molar-refractivity contribution in [3.8, 4) is 0 Å². The Morgan fingerprint density at radius 3 is 2.77 bits per heavy atom. The third-order valence-corrected chi connectivity index (χ3v) is 7.70. The number of aliphatic hydroxyl groups excluding tert-OH is 2. The van der Waals surface area contributed by atoms with Crippen molar-refractivity contribution in [1.29, 1.82) is 0 Å². The lowest BCUT2D eigenvalue weighted by molar-refractivity contribution is -0.144. The van der Waals surface area contributed by atoms with Crippen molar-refractivity contribution >= 4 is 5.97 Å². The van der Waals surface area contributed by atoms with E-state index in [1.807, 2.05) is 6.92 Å². The SMILES string of the molecule is C=C1C(C/C=C2\CCC[C@@]3(C)C2CCC3C(C)C(=O)O)C[C@@H](O)C[C@@H]1O. The Bertz CT molecular complexity index is 595. The minimum Gasteiger partial charge on any atom is -0.481 e. The van der Waals surface area contributed by atoms with Gasteiger partial charge in [0.25, 0.3) is 0 Å². The van der Waals surface area contributed by atoms with Crippen molar-refractivity contribution in [3.63, 3.8) is 0 Å². The fourth-order valence-electron chi connectivity index (χ4n) is 6.12. The second-order valence-electron chi connectivity index (χ2n) is 9.15. The zero-order valence-electron chi connectivity index (χ0n) is 16.2. The van der Waals surface area contributed by atoms with Crippen LogP contribution in [0.15, 0.2) is 23.8 Å². The van der Waals surface area contributed by atoms with Crippen LogP contribution in [0.1, 0.15) is 65.2 Å². The van der Waals surface area contributed by atoms with E-state index in [1.54, 1.807) is 0 Å². The number of carboxylic acid groups (broad SMARTS) is 1. The molecular formula is C22H34O4. The third kappa shape index (κ3) is 3.50. The number of fused-ring (bicyclic) bond motifs is 1. The van der Waals surface area contributed by atoms with Gasteiger partial charge >= 0.3 is 5.97 Å². The quantitative estimate of drug-likeness (QED) is 0.662. The molecule has 0 bridgehead atoms. The predicted molar refractivity (Wildman–Crippen MR) is 102 cm³/mol. The van der Waals surface area contributed by atoms with Crippen LogP contribution in [0.5, 0.6) is 0 Å². The molecule has 3 rings (SSSR count). The molecule has 26 heavy (non-hydrogen) atoms.